The van der Waals surface area contributed by atoms with Crippen molar-refractivity contribution in [3.05, 3.63) is 58.6 Å². The Kier molecular flexibility index (Phi) is 6.23. The molecule has 0 saturated carbocycles. The fourth-order valence-corrected chi connectivity index (χ4v) is 2.66. The van der Waals surface area contributed by atoms with Gasteiger partial charge in [-0.15, -0.1) is 0 Å². The summed E-state index contributed by atoms with van der Waals surface area (Å²) in [6.07, 6.45) is 0. The minimum Gasteiger partial charge on any atom is -0.311 e. The van der Waals surface area contributed by atoms with Crippen LogP contribution < -0.4 is 9.80 Å². The molecule has 0 atom stereocenters. The summed E-state index contributed by atoms with van der Waals surface area (Å²) in [4.78, 5) is 27.7. The van der Waals surface area contributed by atoms with Crippen LogP contribution >= 0.6 is 23.2 Å². The molecule has 0 N–H and O–H groups in total. The third kappa shape index (κ3) is 4.28. The average molecular weight is 365 g/mol. The molecule has 0 aliphatic carbocycles. The van der Waals surface area contributed by atoms with Gasteiger partial charge >= 0.3 is 0 Å². The van der Waals surface area contributed by atoms with E-state index in [1.54, 1.807) is 23.1 Å². The largest absolute Gasteiger partial charge is 0.311 e. The zero-order valence-electron chi connectivity index (χ0n) is 13.5. The summed E-state index contributed by atoms with van der Waals surface area (Å²) in [6.45, 7) is 3.74. The first-order valence-corrected chi connectivity index (χ1v) is 8.28. The van der Waals surface area contributed by atoms with E-state index in [1.165, 1.54) is 11.8 Å². The van der Waals surface area contributed by atoms with Gasteiger partial charge in [-0.05, 0) is 37.3 Å². The summed E-state index contributed by atoms with van der Waals surface area (Å²) in [5.74, 6) is -0.421. The van der Waals surface area contributed by atoms with Crippen LogP contribution in [0, 0.1) is 0 Å². The lowest BCUT2D eigenvalue weighted by Crippen LogP contribution is -2.42. The lowest BCUT2D eigenvalue weighted by atomic mass is 10.2. The smallest absolute Gasteiger partial charge is 0.247 e. The molecule has 2 aromatic rings. The van der Waals surface area contributed by atoms with Crippen molar-refractivity contribution in [2.24, 2.45) is 0 Å². The van der Waals surface area contributed by atoms with Gasteiger partial charge in [0.1, 0.15) is 6.54 Å². The maximum atomic E-state index is 12.7. The predicted molar refractivity (Wildman–Crippen MR) is 99.0 cm³/mol. The maximum Gasteiger partial charge on any atom is 0.247 e. The quantitative estimate of drug-likeness (QED) is 0.788. The monoisotopic (exact) mass is 364 g/mol. The number of amides is 2. The number of hydrogen-bond donors (Lipinski definition) is 0. The van der Waals surface area contributed by atoms with Crippen LogP contribution in [0.5, 0.6) is 0 Å². The second kappa shape index (κ2) is 8.18. The molecule has 0 bridgehead atoms. The molecule has 24 heavy (non-hydrogen) atoms. The van der Waals surface area contributed by atoms with Gasteiger partial charge in [0.25, 0.3) is 0 Å². The number of rotatable bonds is 5. The van der Waals surface area contributed by atoms with Gasteiger partial charge in [-0.25, -0.2) is 0 Å². The first-order valence-electron chi connectivity index (χ1n) is 7.52. The molecule has 2 rings (SSSR count). The van der Waals surface area contributed by atoms with E-state index in [4.69, 9.17) is 23.2 Å². The Balaban J connectivity index is 2.25. The first-order chi connectivity index (χ1) is 11.4. The van der Waals surface area contributed by atoms with E-state index in [0.717, 1.165) is 5.69 Å². The lowest BCUT2D eigenvalue weighted by molar-refractivity contribution is -0.121. The number of carbonyl (C=O) groups is 2. The highest BCUT2D eigenvalue weighted by atomic mass is 35.5. The van der Waals surface area contributed by atoms with Crippen molar-refractivity contribution < 1.29 is 9.59 Å². The summed E-state index contributed by atoms with van der Waals surface area (Å²) in [5, 5.41) is 0.734. The van der Waals surface area contributed by atoms with Crippen molar-refractivity contribution >= 4 is 46.4 Å². The average Bonchev–Trinajstić information content (AvgIpc) is 2.57. The van der Waals surface area contributed by atoms with E-state index in [0.29, 0.717) is 22.3 Å². The van der Waals surface area contributed by atoms with Gasteiger partial charge in [0.2, 0.25) is 11.8 Å². The Hall–Kier alpha value is -2.04. The first kappa shape index (κ1) is 18.3. The van der Waals surface area contributed by atoms with E-state index in [2.05, 4.69) is 0 Å². The van der Waals surface area contributed by atoms with E-state index in [1.807, 2.05) is 37.3 Å². The van der Waals surface area contributed by atoms with Gasteiger partial charge in [-0.3, -0.25) is 9.59 Å². The normalized spacial score (nSPS) is 10.3. The van der Waals surface area contributed by atoms with Crippen LogP contribution in [-0.2, 0) is 9.59 Å². The highest BCUT2D eigenvalue weighted by molar-refractivity contribution is 6.42. The van der Waals surface area contributed by atoms with E-state index in [9.17, 15) is 9.59 Å². The molecule has 0 saturated heterocycles. The molecular formula is C18H18Cl2N2O2. The molecule has 0 radical (unpaired) electrons. The van der Waals surface area contributed by atoms with Gasteiger partial charge in [0.15, 0.2) is 0 Å². The minimum atomic E-state index is -0.245. The van der Waals surface area contributed by atoms with Crippen molar-refractivity contribution in [3.8, 4) is 0 Å². The summed E-state index contributed by atoms with van der Waals surface area (Å²) in [7, 11) is 0. The molecule has 0 spiro atoms. The zero-order chi connectivity index (χ0) is 17.7. The van der Waals surface area contributed by atoms with Crippen LogP contribution in [0.2, 0.25) is 10.0 Å². The summed E-state index contributed by atoms with van der Waals surface area (Å²) in [5.41, 5.74) is 1.33. The second-order valence-electron chi connectivity index (χ2n) is 5.18. The number of para-hydroxylation sites is 1. The van der Waals surface area contributed by atoms with E-state index < -0.39 is 0 Å². The number of anilines is 2. The molecule has 6 heteroatoms. The number of carbonyl (C=O) groups excluding carboxylic acids is 2. The Morgan fingerprint density at radius 1 is 0.917 bits per heavy atom. The maximum absolute atomic E-state index is 12.7. The Labute approximate surface area is 151 Å². The fourth-order valence-electron chi connectivity index (χ4n) is 2.37. The lowest BCUT2D eigenvalue weighted by Gasteiger charge is -2.26. The Bertz CT molecular complexity index is 735. The molecule has 0 unspecified atom stereocenters. The van der Waals surface area contributed by atoms with Crippen LogP contribution in [0.3, 0.4) is 0 Å². The highest BCUT2D eigenvalue weighted by Gasteiger charge is 2.21. The molecule has 126 valence electrons. The molecule has 0 heterocycles. The molecule has 2 aromatic carbocycles. The van der Waals surface area contributed by atoms with E-state index >= 15 is 0 Å². The van der Waals surface area contributed by atoms with Gasteiger partial charge in [0.05, 0.1) is 10.0 Å². The molecular weight excluding hydrogens is 347 g/mol. The third-order valence-corrected chi connectivity index (χ3v) is 4.31. The second-order valence-corrected chi connectivity index (χ2v) is 5.99. The summed E-state index contributed by atoms with van der Waals surface area (Å²) in [6, 6.07) is 14.2. The number of nitrogens with zero attached hydrogens (tertiary/aromatic N) is 2. The van der Waals surface area contributed by atoms with Crippen molar-refractivity contribution in [3.63, 3.8) is 0 Å². The summed E-state index contributed by atoms with van der Waals surface area (Å²) >= 11 is 11.9. The van der Waals surface area contributed by atoms with Crippen LogP contribution in [-0.4, -0.2) is 24.9 Å². The van der Waals surface area contributed by atoms with Crippen LogP contribution in [0.15, 0.2) is 48.5 Å². The molecule has 0 aliphatic rings. The minimum absolute atomic E-state index is 0.0734. The molecule has 2 amide bonds. The number of likely N-dealkylation sites (N-methyl/N-ethyl adjacent to an activating group) is 1. The van der Waals surface area contributed by atoms with Gasteiger partial charge < -0.3 is 9.80 Å². The fraction of sp³-hybridized carbons (Fsp3) is 0.222. The topological polar surface area (TPSA) is 40.6 Å². The molecule has 4 nitrogen and oxygen atoms in total. The van der Waals surface area contributed by atoms with Crippen LogP contribution in [0.1, 0.15) is 13.8 Å². The van der Waals surface area contributed by atoms with E-state index in [-0.39, 0.29) is 18.4 Å². The number of benzene rings is 2. The van der Waals surface area contributed by atoms with Gasteiger partial charge in [0, 0.05) is 24.8 Å². The van der Waals surface area contributed by atoms with Crippen molar-refractivity contribution in [2.75, 3.05) is 22.9 Å². The predicted octanol–water partition coefficient (Wildman–Crippen LogP) is 4.40. The Morgan fingerprint density at radius 2 is 1.58 bits per heavy atom. The molecule has 0 aliphatic heterocycles. The summed E-state index contributed by atoms with van der Waals surface area (Å²) < 4.78 is 0. The SMILES string of the molecule is CCN(C(=O)CN(C(C)=O)c1ccc(Cl)c(Cl)c1)c1ccccc1. The Morgan fingerprint density at radius 3 is 2.12 bits per heavy atom. The van der Waals surface area contributed by atoms with Crippen LogP contribution in [0.4, 0.5) is 11.4 Å². The van der Waals surface area contributed by atoms with Crippen molar-refractivity contribution in [2.45, 2.75) is 13.8 Å². The highest BCUT2D eigenvalue weighted by Crippen LogP contribution is 2.27. The van der Waals surface area contributed by atoms with Crippen molar-refractivity contribution in [1.29, 1.82) is 0 Å². The van der Waals surface area contributed by atoms with Gasteiger partial charge in [-0.1, -0.05) is 41.4 Å². The number of halogens is 2. The standard InChI is InChI=1S/C18H18Cl2N2O2/c1-3-21(14-7-5-4-6-8-14)18(24)12-22(13(2)23)15-9-10-16(19)17(20)11-15/h4-11H,3,12H2,1-2H3. The molecule has 0 aromatic heterocycles. The number of hydrogen-bond acceptors (Lipinski definition) is 2. The third-order valence-electron chi connectivity index (χ3n) is 3.57. The molecule has 0 fully saturated rings. The van der Waals surface area contributed by atoms with Crippen molar-refractivity contribution in [1.82, 2.24) is 0 Å². The van der Waals surface area contributed by atoms with Crippen LogP contribution in [0.25, 0.3) is 0 Å². The zero-order valence-corrected chi connectivity index (χ0v) is 15.0. The van der Waals surface area contributed by atoms with Gasteiger partial charge in [-0.2, -0.15) is 0 Å².